The molecule has 2 N–H and O–H groups in total. The zero-order chi connectivity index (χ0) is 18.8. The van der Waals surface area contributed by atoms with Gasteiger partial charge in [0.1, 0.15) is 11.5 Å². The fourth-order valence-electron chi connectivity index (χ4n) is 2.61. The number of benzene rings is 2. The standard InChI is InChI=1S/C18H23O5PS/c1-12-7-15(23-11-24(3,20)21)8-13(2)16(12)9-14-5-6-17(19)18(10-14)25(4)22/h5-8,10,19H,9,11H2,1-4H3,(H,20,21). The molecule has 0 aromatic heterocycles. The highest BCUT2D eigenvalue weighted by Crippen LogP contribution is 2.36. The van der Waals surface area contributed by atoms with E-state index < -0.39 is 18.2 Å². The van der Waals surface area contributed by atoms with Gasteiger partial charge in [-0.25, -0.2) is 0 Å². The van der Waals surface area contributed by atoms with Gasteiger partial charge in [-0.15, -0.1) is 0 Å². The molecule has 2 atom stereocenters. The molecule has 5 nitrogen and oxygen atoms in total. The van der Waals surface area contributed by atoms with Gasteiger partial charge in [0.2, 0.25) is 7.37 Å². The normalized spacial score (nSPS) is 14.8. The van der Waals surface area contributed by atoms with E-state index in [1.165, 1.54) is 12.9 Å². The molecule has 136 valence electrons. The molecule has 0 saturated heterocycles. The zero-order valence-corrected chi connectivity index (χ0v) is 16.5. The molecule has 7 heteroatoms. The van der Waals surface area contributed by atoms with E-state index in [0.29, 0.717) is 17.1 Å². The lowest BCUT2D eigenvalue weighted by atomic mass is 9.96. The van der Waals surface area contributed by atoms with Gasteiger partial charge in [-0.1, -0.05) is 6.07 Å². The van der Waals surface area contributed by atoms with Crippen molar-refractivity contribution in [2.45, 2.75) is 25.2 Å². The maximum absolute atomic E-state index is 11.7. The predicted octanol–water partition coefficient (Wildman–Crippen LogP) is 3.57. The first-order chi connectivity index (χ1) is 11.6. The first kappa shape index (κ1) is 19.7. The first-order valence-electron chi connectivity index (χ1n) is 7.74. The van der Waals surface area contributed by atoms with Crippen LogP contribution in [-0.2, 0) is 21.8 Å². The summed E-state index contributed by atoms with van der Waals surface area (Å²) in [5.41, 5.74) is 4.07. The Balaban J connectivity index is 2.27. The lowest BCUT2D eigenvalue weighted by Crippen LogP contribution is -2.01. The summed E-state index contributed by atoms with van der Waals surface area (Å²) in [5.74, 6) is 0.603. The Kier molecular flexibility index (Phi) is 6.09. The highest BCUT2D eigenvalue weighted by molar-refractivity contribution is 7.84. The van der Waals surface area contributed by atoms with Gasteiger partial charge in [0.15, 0.2) is 6.35 Å². The first-order valence-corrected chi connectivity index (χ1v) is 11.6. The van der Waals surface area contributed by atoms with Crippen molar-refractivity contribution in [1.29, 1.82) is 0 Å². The van der Waals surface area contributed by atoms with Crippen molar-refractivity contribution in [2.24, 2.45) is 0 Å². The average Bonchev–Trinajstić information content (AvgIpc) is 2.49. The molecule has 0 bridgehead atoms. The summed E-state index contributed by atoms with van der Waals surface area (Å²) in [6, 6.07) is 8.82. The second-order valence-corrected chi connectivity index (χ2v) is 10.0. The van der Waals surface area contributed by atoms with Crippen LogP contribution in [0.1, 0.15) is 22.3 Å². The van der Waals surface area contributed by atoms with E-state index in [0.717, 1.165) is 22.3 Å². The third kappa shape index (κ3) is 5.43. The number of aromatic hydroxyl groups is 1. The number of hydrogen-bond donors (Lipinski definition) is 2. The third-order valence-electron chi connectivity index (χ3n) is 3.86. The molecule has 0 saturated carbocycles. The van der Waals surface area contributed by atoms with E-state index in [9.17, 15) is 18.8 Å². The van der Waals surface area contributed by atoms with E-state index in [2.05, 4.69) is 0 Å². The minimum Gasteiger partial charge on any atom is -0.507 e. The van der Waals surface area contributed by atoms with Gasteiger partial charge in [-0.2, -0.15) is 0 Å². The number of hydrogen-bond acceptors (Lipinski definition) is 4. The average molecular weight is 382 g/mol. The fourth-order valence-corrected chi connectivity index (χ4v) is 3.68. The summed E-state index contributed by atoms with van der Waals surface area (Å²) >= 11 is 0. The topological polar surface area (TPSA) is 83.8 Å². The summed E-state index contributed by atoms with van der Waals surface area (Å²) in [6.45, 7) is 5.18. The van der Waals surface area contributed by atoms with Crippen LogP contribution in [0, 0.1) is 13.8 Å². The molecule has 0 radical (unpaired) electrons. The minimum atomic E-state index is -3.22. The lowest BCUT2D eigenvalue weighted by Gasteiger charge is -2.15. The lowest BCUT2D eigenvalue weighted by molar-refractivity contribution is 0.352. The summed E-state index contributed by atoms with van der Waals surface area (Å²) in [4.78, 5) is 9.77. The van der Waals surface area contributed by atoms with Crippen LogP contribution in [0.3, 0.4) is 0 Å². The van der Waals surface area contributed by atoms with Crippen molar-refractivity contribution < 1.29 is 23.5 Å². The van der Waals surface area contributed by atoms with E-state index in [1.807, 2.05) is 32.0 Å². The molecule has 2 rings (SSSR count). The Bertz CT molecular complexity index is 834. The van der Waals surface area contributed by atoms with Gasteiger partial charge in [0, 0.05) is 12.9 Å². The Hall–Kier alpha value is -1.62. The van der Waals surface area contributed by atoms with Gasteiger partial charge >= 0.3 is 0 Å². The van der Waals surface area contributed by atoms with Crippen LogP contribution in [0.5, 0.6) is 11.5 Å². The summed E-state index contributed by atoms with van der Waals surface area (Å²) < 4.78 is 28.5. The Morgan fingerprint density at radius 1 is 1.16 bits per heavy atom. The summed E-state index contributed by atoms with van der Waals surface area (Å²) in [7, 11) is -4.48. The molecule has 0 heterocycles. The van der Waals surface area contributed by atoms with Crippen LogP contribution in [0.2, 0.25) is 0 Å². The van der Waals surface area contributed by atoms with Crippen LogP contribution in [0.25, 0.3) is 0 Å². The Morgan fingerprint density at radius 2 is 1.76 bits per heavy atom. The predicted molar refractivity (Wildman–Crippen MR) is 100 cm³/mol. The molecular weight excluding hydrogens is 359 g/mol. The van der Waals surface area contributed by atoms with Gasteiger partial charge in [0.25, 0.3) is 0 Å². The van der Waals surface area contributed by atoms with Crippen LogP contribution in [-0.4, -0.2) is 33.5 Å². The number of phenolic OH excluding ortho intramolecular Hbond substituents is 1. The van der Waals surface area contributed by atoms with Gasteiger partial charge in [-0.3, -0.25) is 8.77 Å². The SMILES string of the molecule is Cc1cc(OCP(C)(=O)O)cc(C)c1Cc1ccc(O)c(S(C)=O)c1. The van der Waals surface area contributed by atoms with E-state index in [1.54, 1.807) is 12.1 Å². The largest absolute Gasteiger partial charge is 0.507 e. The third-order valence-corrected chi connectivity index (χ3v) is 5.41. The fraction of sp³-hybridized carbons (Fsp3) is 0.333. The summed E-state index contributed by atoms with van der Waals surface area (Å²) in [6.07, 6.45) is 1.96. The van der Waals surface area contributed by atoms with Crippen molar-refractivity contribution in [1.82, 2.24) is 0 Å². The number of ether oxygens (including phenoxy) is 1. The van der Waals surface area contributed by atoms with Gasteiger partial charge in [0.05, 0.1) is 15.7 Å². The molecule has 0 amide bonds. The van der Waals surface area contributed by atoms with Crippen LogP contribution in [0.4, 0.5) is 0 Å². The molecule has 25 heavy (non-hydrogen) atoms. The van der Waals surface area contributed by atoms with Crippen LogP contribution in [0.15, 0.2) is 35.2 Å². The molecule has 0 aliphatic heterocycles. The highest BCUT2D eigenvalue weighted by Gasteiger charge is 2.13. The molecule has 0 aliphatic carbocycles. The molecule has 0 aliphatic rings. The van der Waals surface area contributed by atoms with Crippen molar-refractivity contribution in [3.63, 3.8) is 0 Å². The van der Waals surface area contributed by atoms with Crippen LogP contribution >= 0.6 is 7.37 Å². The van der Waals surface area contributed by atoms with Crippen LogP contribution < -0.4 is 4.74 Å². The monoisotopic (exact) mass is 382 g/mol. The molecule has 2 aromatic carbocycles. The number of rotatable bonds is 6. The second kappa shape index (κ2) is 7.73. The maximum atomic E-state index is 11.7. The minimum absolute atomic E-state index is 0.0368. The van der Waals surface area contributed by atoms with Gasteiger partial charge < -0.3 is 14.7 Å². The van der Waals surface area contributed by atoms with E-state index >= 15 is 0 Å². The molecule has 2 unspecified atom stereocenters. The van der Waals surface area contributed by atoms with Crippen molar-refractivity contribution >= 4 is 18.2 Å². The maximum Gasteiger partial charge on any atom is 0.233 e. The Morgan fingerprint density at radius 3 is 2.28 bits per heavy atom. The number of phenols is 1. The number of aryl methyl sites for hydroxylation is 2. The van der Waals surface area contributed by atoms with E-state index in [-0.39, 0.29) is 12.1 Å². The highest BCUT2D eigenvalue weighted by atomic mass is 32.2. The van der Waals surface area contributed by atoms with Crippen molar-refractivity contribution in [2.75, 3.05) is 19.3 Å². The van der Waals surface area contributed by atoms with Crippen molar-refractivity contribution in [3.8, 4) is 11.5 Å². The van der Waals surface area contributed by atoms with E-state index in [4.69, 9.17) is 4.74 Å². The molecule has 0 fully saturated rings. The smallest absolute Gasteiger partial charge is 0.233 e. The Labute approximate surface area is 150 Å². The molecule has 2 aromatic rings. The molecule has 0 spiro atoms. The zero-order valence-electron chi connectivity index (χ0n) is 14.8. The summed E-state index contributed by atoms with van der Waals surface area (Å²) in [5, 5.41) is 9.79. The second-order valence-electron chi connectivity index (χ2n) is 6.29. The quantitative estimate of drug-likeness (QED) is 0.746. The molecular formula is C18H23O5PS. The van der Waals surface area contributed by atoms with Crippen molar-refractivity contribution in [3.05, 3.63) is 52.6 Å². The van der Waals surface area contributed by atoms with Gasteiger partial charge in [-0.05, 0) is 66.8 Å².